The first-order chi connectivity index (χ1) is 19.4. The van der Waals surface area contributed by atoms with E-state index in [-0.39, 0.29) is 5.92 Å². The van der Waals surface area contributed by atoms with Crippen LogP contribution in [0.3, 0.4) is 0 Å². The minimum absolute atomic E-state index is 0.286. The lowest BCUT2D eigenvalue weighted by Gasteiger charge is -2.33. The lowest BCUT2D eigenvalue weighted by Crippen LogP contribution is -2.48. The highest BCUT2D eigenvalue weighted by molar-refractivity contribution is 7.80. The number of benzene rings is 4. The number of nitrogens with one attached hydrogen (secondary N) is 1. The molecule has 2 N–H and O–H groups in total. The lowest BCUT2D eigenvalue weighted by atomic mass is 10.0. The van der Waals surface area contributed by atoms with Crippen molar-refractivity contribution in [1.29, 1.82) is 0 Å². The fourth-order valence-electron chi connectivity index (χ4n) is 4.38. The maximum Gasteiger partial charge on any atom is 0.417 e. The minimum atomic E-state index is -2.46. The van der Waals surface area contributed by atoms with Gasteiger partial charge < -0.3 is 9.47 Å². The Labute approximate surface area is 242 Å². The predicted molar refractivity (Wildman–Crippen MR) is 163 cm³/mol. The molecule has 1 amide bonds. The number of amides is 1. The molecule has 41 heavy (non-hydrogen) atoms. The number of esters is 1. The fraction of sp³-hybridized carbons (Fsp3) is 0.250. The minimum Gasteiger partial charge on any atom is -0.458 e. The van der Waals surface area contributed by atoms with E-state index < -0.39 is 35.0 Å². The second-order valence-corrected chi connectivity index (χ2v) is 11.8. The molecule has 214 valence electrons. The second kappa shape index (κ2) is 12.5. The van der Waals surface area contributed by atoms with Gasteiger partial charge in [0.1, 0.15) is 17.4 Å². The number of hydrogen-bond donors (Lipinski definition) is 2. The molecule has 4 aromatic rings. The van der Waals surface area contributed by atoms with Crippen LogP contribution in [0.15, 0.2) is 91.0 Å². The van der Waals surface area contributed by atoms with Gasteiger partial charge in [-0.3, -0.25) is 14.2 Å². The molecular formula is C32H34N2O6S. The first kappa shape index (κ1) is 29.8. The van der Waals surface area contributed by atoms with Gasteiger partial charge in [0.25, 0.3) is 11.3 Å². The van der Waals surface area contributed by atoms with Crippen molar-refractivity contribution in [3.05, 3.63) is 91.0 Å². The van der Waals surface area contributed by atoms with Crippen LogP contribution in [0, 0.1) is 5.92 Å². The van der Waals surface area contributed by atoms with Gasteiger partial charge in [0.15, 0.2) is 0 Å². The zero-order valence-electron chi connectivity index (χ0n) is 23.7. The van der Waals surface area contributed by atoms with Crippen LogP contribution < -0.4 is 14.4 Å². The second-order valence-electron chi connectivity index (χ2n) is 10.9. The summed E-state index contributed by atoms with van der Waals surface area (Å²) in [5.74, 6) is -0.478. The van der Waals surface area contributed by atoms with E-state index in [2.05, 4.69) is 5.32 Å². The zero-order chi connectivity index (χ0) is 29.7. The average molecular weight is 575 g/mol. The molecule has 0 radical (unpaired) electrons. The third kappa shape index (κ3) is 7.71. The van der Waals surface area contributed by atoms with Crippen molar-refractivity contribution >= 4 is 45.5 Å². The average Bonchev–Trinajstić information content (AvgIpc) is 2.90. The highest BCUT2D eigenvalue weighted by Gasteiger charge is 2.36. The van der Waals surface area contributed by atoms with E-state index >= 15 is 0 Å². The Hall–Kier alpha value is -4.21. The van der Waals surface area contributed by atoms with Crippen molar-refractivity contribution in [1.82, 2.24) is 0 Å². The smallest absolute Gasteiger partial charge is 0.417 e. The van der Waals surface area contributed by atoms with Crippen LogP contribution in [0.5, 0.6) is 5.75 Å². The van der Waals surface area contributed by atoms with Gasteiger partial charge in [-0.2, -0.15) is 0 Å². The third-order valence-corrected chi connectivity index (χ3v) is 6.99. The lowest BCUT2D eigenvalue weighted by molar-refractivity contribution is -0.157. The highest BCUT2D eigenvalue weighted by atomic mass is 32.2. The number of ether oxygens (including phenoxy) is 2. The number of anilines is 2. The summed E-state index contributed by atoms with van der Waals surface area (Å²) in [6.45, 7) is 8.86. The molecule has 0 heterocycles. The van der Waals surface area contributed by atoms with Crippen LogP contribution in [-0.2, 0) is 20.8 Å². The normalized spacial score (nSPS) is 13.0. The van der Waals surface area contributed by atoms with Crippen LogP contribution >= 0.6 is 0 Å². The molecule has 2 unspecified atom stereocenters. The van der Waals surface area contributed by atoms with Gasteiger partial charge in [-0.1, -0.05) is 68.4 Å². The van der Waals surface area contributed by atoms with E-state index in [0.717, 1.165) is 26.2 Å². The number of carbonyl (C=O) groups excluding carboxylic acids is 2. The summed E-state index contributed by atoms with van der Waals surface area (Å²) in [6.07, 6.45) is -0.598. The topological polar surface area (TPSA) is 105 Å². The molecule has 0 bridgehead atoms. The molecule has 0 saturated carbocycles. The van der Waals surface area contributed by atoms with Gasteiger partial charge in [0.05, 0.1) is 5.69 Å². The van der Waals surface area contributed by atoms with Crippen LogP contribution in [0.1, 0.15) is 34.6 Å². The third-order valence-electron chi connectivity index (χ3n) is 6.22. The number of rotatable bonds is 8. The largest absolute Gasteiger partial charge is 0.458 e. The van der Waals surface area contributed by atoms with Crippen molar-refractivity contribution in [3.8, 4) is 16.9 Å². The molecule has 0 aromatic heterocycles. The summed E-state index contributed by atoms with van der Waals surface area (Å²) in [6, 6.07) is 26.5. The van der Waals surface area contributed by atoms with Gasteiger partial charge in [0.2, 0.25) is 0 Å². The van der Waals surface area contributed by atoms with Gasteiger partial charge in [0, 0.05) is 5.69 Å². The molecular weight excluding hydrogens is 540 g/mol. The van der Waals surface area contributed by atoms with Crippen LogP contribution in [0.2, 0.25) is 0 Å². The Kier molecular flexibility index (Phi) is 9.10. The fourth-order valence-corrected chi connectivity index (χ4v) is 5.21. The van der Waals surface area contributed by atoms with Crippen molar-refractivity contribution in [3.63, 3.8) is 0 Å². The number of carbonyl (C=O) groups is 2. The van der Waals surface area contributed by atoms with Crippen molar-refractivity contribution in [2.45, 2.75) is 46.3 Å². The summed E-state index contributed by atoms with van der Waals surface area (Å²) in [5, 5.41) is 4.84. The molecule has 2 atom stereocenters. The molecule has 0 fully saturated rings. The zero-order valence-corrected chi connectivity index (χ0v) is 24.5. The van der Waals surface area contributed by atoms with Gasteiger partial charge in [-0.25, -0.2) is 13.8 Å². The monoisotopic (exact) mass is 574 g/mol. The summed E-state index contributed by atoms with van der Waals surface area (Å²) in [4.78, 5) is 25.4. The van der Waals surface area contributed by atoms with Gasteiger partial charge in [-0.15, -0.1) is 0 Å². The first-order valence-corrected chi connectivity index (χ1v) is 14.3. The maximum atomic E-state index is 12.9. The van der Waals surface area contributed by atoms with E-state index in [4.69, 9.17) is 9.47 Å². The molecule has 8 nitrogen and oxygen atoms in total. The van der Waals surface area contributed by atoms with Gasteiger partial charge in [-0.05, 0) is 85.0 Å². The standard InChI is InChI=1S/C32H34N2O6S/c1-21(2)29(30(35)40-32(3,4)5)34(41(37)38)27-16-11-23(12-17-27)24-13-18-28(19-14-24)39-31(36)33-26-15-10-22-8-6-7-9-25(22)20-26/h6-21,29H,1-5H3,(H,33,36)(H,37,38). The highest BCUT2D eigenvalue weighted by Crippen LogP contribution is 2.29. The van der Waals surface area contributed by atoms with Crippen molar-refractivity contribution in [2.75, 3.05) is 9.62 Å². The first-order valence-electron chi connectivity index (χ1n) is 13.2. The van der Waals surface area contributed by atoms with E-state index in [9.17, 15) is 18.4 Å². The van der Waals surface area contributed by atoms with E-state index in [1.54, 1.807) is 71.0 Å². The van der Waals surface area contributed by atoms with Crippen LogP contribution in [-0.4, -0.2) is 32.5 Å². The van der Waals surface area contributed by atoms with E-state index in [0.29, 0.717) is 17.1 Å². The van der Waals surface area contributed by atoms with Crippen molar-refractivity contribution < 1.29 is 27.8 Å². The summed E-state index contributed by atoms with van der Waals surface area (Å²) >= 11 is -2.46. The molecule has 4 aromatic carbocycles. The number of nitrogens with zero attached hydrogens (tertiary/aromatic N) is 1. The Balaban J connectivity index is 1.45. The predicted octanol–water partition coefficient (Wildman–Crippen LogP) is 7.43. The Morgan fingerprint density at radius 1 is 0.854 bits per heavy atom. The summed E-state index contributed by atoms with van der Waals surface area (Å²) in [7, 11) is 0. The molecule has 0 aliphatic heterocycles. The molecule has 4 rings (SSSR count). The van der Waals surface area contributed by atoms with E-state index in [1.807, 2.05) is 54.6 Å². The maximum absolute atomic E-state index is 12.9. The molecule has 9 heteroatoms. The molecule has 0 aliphatic carbocycles. The van der Waals surface area contributed by atoms with Crippen LogP contribution in [0.25, 0.3) is 21.9 Å². The summed E-state index contributed by atoms with van der Waals surface area (Å²) < 4.78 is 34.6. The Morgan fingerprint density at radius 2 is 1.44 bits per heavy atom. The number of hydrogen-bond acceptors (Lipinski definition) is 5. The van der Waals surface area contributed by atoms with Gasteiger partial charge >= 0.3 is 12.1 Å². The van der Waals surface area contributed by atoms with Crippen molar-refractivity contribution in [2.24, 2.45) is 5.92 Å². The number of fused-ring (bicyclic) bond motifs is 1. The van der Waals surface area contributed by atoms with E-state index in [1.165, 1.54) is 0 Å². The molecule has 0 saturated heterocycles. The van der Waals surface area contributed by atoms with Crippen LogP contribution in [0.4, 0.5) is 16.2 Å². The Morgan fingerprint density at radius 3 is 2.00 bits per heavy atom. The SMILES string of the molecule is CC(C)C(C(=O)OC(C)(C)C)N(c1ccc(-c2ccc(OC(=O)Nc3ccc4ccccc4c3)cc2)cc1)S(=O)O. The quantitative estimate of drug-likeness (QED) is 0.168. The summed E-state index contributed by atoms with van der Waals surface area (Å²) in [5.41, 5.74) is 1.99. The molecule has 0 aliphatic rings. The Bertz CT molecular complexity index is 1550. The molecule has 0 spiro atoms.